The lowest BCUT2D eigenvalue weighted by Gasteiger charge is -2.28. The first-order valence-electron chi connectivity index (χ1n) is 11.2. The number of hydrogen-bond donors (Lipinski definition) is 0. The van der Waals surface area contributed by atoms with Crippen LogP contribution in [-0.4, -0.2) is 30.1 Å². The van der Waals surface area contributed by atoms with Gasteiger partial charge in [0.15, 0.2) is 5.13 Å². The first-order chi connectivity index (χ1) is 16.1. The van der Waals surface area contributed by atoms with Gasteiger partial charge in [0.1, 0.15) is 0 Å². The highest BCUT2D eigenvalue weighted by Crippen LogP contribution is 2.38. The molecule has 168 valence electrons. The van der Waals surface area contributed by atoms with Gasteiger partial charge in [-0.3, -0.25) is 9.69 Å². The van der Waals surface area contributed by atoms with Crippen LogP contribution in [0.4, 0.5) is 5.13 Å². The maximum atomic E-state index is 14.3. The van der Waals surface area contributed by atoms with Gasteiger partial charge in [-0.15, -0.1) is 0 Å². The molecule has 1 saturated heterocycles. The van der Waals surface area contributed by atoms with Crippen molar-refractivity contribution in [1.29, 1.82) is 0 Å². The third-order valence-electron chi connectivity index (χ3n) is 6.11. The molecule has 6 heteroatoms. The van der Waals surface area contributed by atoms with E-state index in [-0.39, 0.29) is 12.0 Å². The van der Waals surface area contributed by atoms with Crippen LogP contribution in [-0.2, 0) is 9.53 Å². The number of anilines is 1. The summed E-state index contributed by atoms with van der Waals surface area (Å²) in [6.07, 6.45) is 1.96. The Morgan fingerprint density at radius 3 is 2.33 bits per heavy atom. The predicted octanol–water partition coefficient (Wildman–Crippen LogP) is 6.60. The Morgan fingerprint density at radius 1 is 1.09 bits per heavy atom. The van der Waals surface area contributed by atoms with Crippen molar-refractivity contribution in [3.8, 4) is 0 Å². The van der Waals surface area contributed by atoms with Crippen molar-refractivity contribution >= 4 is 44.2 Å². The molecular weight excluding hydrogens is 452 g/mol. The lowest BCUT2D eigenvalue weighted by atomic mass is 9.90. The molecule has 1 aliphatic rings. The monoisotopic (exact) mass is 476 g/mol. The van der Waals surface area contributed by atoms with Crippen LogP contribution in [0.5, 0.6) is 0 Å². The molecule has 0 spiro atoms. The number of thiazole rings is 1. The van der Waals surface area contributed by atoms with Crippen molar-refractivity contribution in [2.45, 2.75) is 31.8 Å². The van der Waals surface area contributed by atoms with Gasteiger partial charge in [-0.25, -0.2) is 4.98 Å². The third kappa shape index (κ3) is 4.54. The maximum absolute atomic E-state index is 14.3. The van der Waals surface area contributed by atoms with Crippen molar-refractivity contribution in [3.05, 3.63) is 94.5 Å². The van der Waals surface area contributed by atoms with Crippen LogP contribution >= 0.6 is 22.9 Å². The van der Waals surface area contributed by atoms with Crippen LogP contribution in [0.25, 0.3) is 10.2 Å². The minimum absolute atomic E-state index is 0.00395. The fourth-order valence-corrected chi connectivity index (χ4v) is 5.72. The number of carbonyl (C=O) groups is 1. The topological polar surface area (TPSA) is 42.4 Å². The smallest absolute Gasteiger partial charge is 0.240 e. The molecule has 33 heavy (non-hydrogen) atoms. The summed E-state index contributed by atoms with van der Waals surface area (Å²) < 4.78 is 6.83. The van der Waals surface area contributed by atoms with Crippen molar-refractivity contribution in [1.82, 2.24) is 4.98 Å². The zero-order valence-electron chi connectivity index (χ0n) is 18.4. The van der Waals surface area contributed by atoms with Crippen LogP contribution in [0.15, 0.2) is 72.8 Å². The van der Waals surface area contributed by atoms with Crippen LogP contribution < -0.4 is 4.90 Å². The predicted molar refractivity (Wildman–Crippen MR) is 135 cm³/mol. The molecular formula is C27H25ClN2O2S. The second-order valence-corrected chi connectivity index (χ2v) is 9.76. The molecule has 0 radical (unpaired) electrons. The van der Waals surface area contributed by atoms with E-state index < -0.39 is 5.92 Å². The number of benzene rings is 3. The van der Waals surface area contributed by atoms with Gasteiger partial charge in [0.05, 0.1) is 33.8 Å². The second-order valence-electron chi connectivity index (χ2n) is 8.38. The summed E-state index contributed by atoms with van der Waals surface area (Å²) in [5.41, 5.74) is 3.82. The fourth-order valence-electron chi connectivity index (χ4n) is 4.38. The highest BCUT2D eigenvalue weighted by Gasteiger charge is 2.33. The first-order valence-corrected chi connectivity index (χ1v) is 12.4. The molecule has 1 aromatic heterocycles. The molecule has 4 nitrogen and oxygen atoms in total. The molecule has 5 rings (SSSR count). The minimum Gasteiger partial charge on any atom is -0.376 e. The van der Waals surface area contributed by atoms with Gasteiger partial charge < -0.3 is 4.74 Å². The number of hydrogen-bond acceptors (Lipinski definition) is 4. The van der Waals surface area contributed by atoms with Gasteiger partial charge in [0.25, 0.3) is 0 Å². The number of aryl methyl sites for hydroxylation is 1. The SMILES string of the molecule is Cc1ccc(Cl)c2sc(N(CC3CCCO3)C(=O)C(c3ccccc3)c3ccccc3)nc12. The van der Waals surface area contributed by atoms with Crippen LogP contribution in [0.3, 0.4) is 0 Å². The van der Waals surface area contributed by atoms with Crippen molar-refractivity contribution < 1.29 is 9.53 Å². The molecule has 4 aromatic rings. The van der Waals surface area contributed by atoms with Crippen molar-refractivity contribution in [3.63, 3.8) is 0 Å². The molecule has 1 amide bonds. The molecule has 0 saturated carbocycles. The number of ether oxygens (including phenoxy) is 1. The highest BCUT2D eigenvalue weighted by molar-refractivity contribution is 7.23. The van der Waals surface area contributed by atoms with E-state index in [0.717, 1.165) is 46.4 Å². The summed E-state index contributed by atoms with van der Waals surface area (Å²) in [5, 5.41) is 1.32. The number of nitrogens with zero attached hydrogens (tertiary/aromatic N) is 2. The molecule has 1 atom stereocenters. The third-order valence-corrected chi connectivity index (χ3v) is 7.64. The molecule has 0 bridgehead atoms. The van der Waals surface area contributed by atoms with Gasteiger partial charge in [0, 0.05) is 6.61 Å². The van der Waals surface area contributed by atoms with E-state index in [9.17, 15) is 4.79 Å². The summed E-state index contributed by atoms with van der Waals surface area (Å²) in [6.45, 7) is 3.23. The summed E-state index contributed by atoms with van der Waals surface area (Å²) >= 11 is 7.97. The number of aromatic nitrogens is 1. The summed E-state index contributed by atoms with van der Waals surface area (Å²) in [7, 11) is 0. The van der Waals surface area contributed by atoms with E-state index in [1.807, 2.05) is 84.6 Å². The normalized spacial score (nSPS) is 15.9. The van der Waals surface area contributed by atoms with E-state index in [1.54, 1.807) is 0 Å². The Bertz CT molecular complexity index is 1170. The van der Waals surface area contributed by atoms with E-state index in [4.69, 9.17) is 21.3 Å². The Morgan fingerprint density at radius 2 is 1.76 bits per heavy atom. The van der Waals surface area contributed by atoms with Crippen LogP contribution in [0.1, 0.15) is 35.4 Å². The average Bonchev–Trinajstić information content (AvgIpc) is 3.52. The maximum Gasteiger partial charge on any atom is 0.240 e. The fraction of sp³-hybridized carbons (Fsp3) is 0.259. The number of carbonyl (C=O) groups excluding carboxylic acids is 1. The largest absolute Gasteiger partial charge is 0.376 e. The quantitative estimate of drug-likeness (QED) is 0.314. The minimum atomic E-state index is -0.433. The Kier molecular flexibility index (Phi) is 6.45. The van der Waals surface area contributed by atoms with E-state index >= 15 is 0 Å². The van der Waals surface area contributed by atoms with E-state index in [1.165, 1.54) is 11.3 Å². The van der Waals surface area contributed by atoms with Crippen LogP contribution in [0, 0.1) is 6.92 Å². The summed E-state index contributed by atoms with van der Waals surface area (Å²) in [6, 6.07) is 23.8. The molecule has 0 aliphatic carbocycles. The van der Waals surface area contributed by atoms with Gasteiger partial charge in [-0.2, -0.15) is 0 Å². The summed E-state index contributed by atoms with van der Waals surface area (Å²) in [4.78, 5) is 21.0. The lowest BCUT2D eigenvalue weighted by Crippen LogP contribution is -2.40. The Balaban J connectivity index is 1.61. The zero-order valence-corrected chi connectivity index (χ0v) is 20.0. The Labute approximate surface area is 202 Å². The van der Waals surface area contributed by atoms with Crippen LogP contribution in [0.2, 0.25) is 5.02 Å². The summed E-state index contributed by atoms with van der Waals surface area (Å²) in [5.74, 6) is -0.437. The standard InChI is InChI=1S/C27H25ClN2O2S/c1-18-14-15-22(28)25-24(18)29-27(33-25)30(17-21-13-8-16-32-21)26(31)23(19-9-4-2-5-10-19)20-11-6-3-7-12-20/h2-7,9-12,14-15,21,23H,8,13,16-17H2,1H3. The number of halogens is 1. The van der Waals surface area contributed by atoms with Crippen molar-refractivity contribution in [2.75, 3.05) is 18.1 Å². The van der Waals surface area contributed by atoms with Gasteiger partial charge >= 0.3 is 0 Å². The average molecular weight is 477 g/mol. The number of fused-ring (bicyclic) bond motifs is 1. The molecule has 1 fully saturated rings. The number of amides is 1. The lowest BCUT2D eigenvalue weighted by molar-refractivity contribution is -0.119. The molecule has 1 aliphatic heterocycles. The molecule has 2 heterocycles. The van der Waals surface area contributed by atoms with E-state index in [0.29, 0.717) is 16.7 Å². The van der Waals surface area contributed by atoms with Gasteiger partial charge in [-0.1, -0.05) is 89.7 Å². The molecule has 3 aromatic carbocycles. The highest BCUT2D eigenvalue weighted by atomic mass is 35.5. The number of rotatable bonds is 6. The van der Waals surface area contributed by atoms with Gasteiger partial charge in [0.2, 0.25) is 5.91 Å². The molecule has 1 unspecified atom stereocenters. The zero-order chi connectivity index (χ0) is 22.8. The first kappa shape index (κ1) is 22.1. The Hall–Kier alpha value is -2.73. The second kappa shape index (κ2) is 9.64. The van der Waals surface area contributed by atoms with Crippen molar-refractivity contribution in [2.24, 2.45) is 0 Å². The van der Waals surface area contributed by atoms with E-state index in [2.05, 4.69) is 0 Å². The molecule has 0 N–H and O–H groups in total. The van der Waals surface area contributed by atoms with Gasteiger partial charge in [-0.05, 0) is 42.5 Å².